The summed E-state index contributed by atoms with van der Waals surface area (Å²) in [5.74, 6) is 0.572. The van der Waals surface area contributed by atoms with E-state index in [2.05, 4.69) is 15.5 Å². The zero-order chi connectivity index (χ0) is 16.7. The number of carbonyl (C=O) groups is 1. The van der Waals surface area contributed by atoms with Crippen molar-refractivity contribution in [1.82, 2.24) is 15.5 Å². The van der Waals surface area contributed by atoms with Gasteiger partial charge in [0.1, 0.15) is 11.6 Å². The highest BCUT2D eigenvalue weighted by Gasteiger charge is 2.28. The highest BCUT2D eigenvalue weighted by Crippen LogP contribution is 2.37. The van der Waals surface area contributed by atoms with Crippen LogP contribution >= 0.6 is 0 Å². The summed E-state index contributed by atoms with van der Waals surface area (Å²) < 4.78 is 18.7. The molecule has 0 aliphatic heterocycles. The minimum atomic E-state index is -0.296. The van der Waals surface area contributed by atoms with E-state index in [1.807, 2.05) is 13.1 Å². The van der Waals surface area contributed by atoms with Crippen LogP contribution in [-0.2, 0) is 19.4 Å². The smallest absolute Gasteiger partial charge is 0.287 e. The van der Waals surface area contributed by atoms with E-state index in [1.54, 1.807) is 12.1 Å². The van der Waals surface area contributed by atoms with Crippen molar-refractivity contribution in [2.24, 2.45) is 0 Å². The zero-order valence-corrected chi connectivity index (χ0v) is 13.1. The molecule has 0 radical (unpaired) electrons. The van der Waals surface area contributed by atoms with E-state index in [0.29, 0.717) is 12.3 Å². The fourth-order valence-electron chi connectivity index (χ4n) is 3.12. The molecule has 0 atom stereocenters. The topological polar surface area (TPSA) is 70.9 Å². The van der Waals surface area contributed by atoms with Crippen LogP contribution in [0.2, 0.25) is 0 Å². The van der Waals surface area contributed by atoms with Crippen LogP contribution in [-0.4, -0.2) is 16.1 Å². The first kappa shape index (κ1) is 14.7. The van der Waals surface area contributed by atoms with Crippen LogP contribution in [0.1, 0.15) is 33.0 Å². The summed E-state index contributed by atoms with van der Waals surface area (Å²) in [6.07, 6.45) is 3.43. The van der Waals surface area contributed by atoms with Gasteiger partial charge < -0.3 is 9.73 Å². The molecule has 24 heavy (non-hydrogen) atoms. The molecule has 1 amide bonds. The van der Waals surface area contributed by atoms with E-state index in [9.17, 15) is 9.18 Å². The van der Waals surface area contributed by atoms with Crippen molar-refractivity contribution >= 4 is 5.91 Å². The second-order valence-electron chi connectivity index (χ2n) is 5.93. The van der Waals surface area contributed by atoms with E-state index >= 15 is 0 Å². The number of halogens is 1. The largest absolute Gasteiger partial charge is 0.455 e. The van der Waals surface area contributed by atoms with Crippen molar-refractivity contribution in [2.45, 2.75) is 26.3 Å². The predicted molar refractivity (Wildman–Crippen MR) is 86.0 cm³/mol. The summed E-state index contributed by atoms with van der Waals surface area (Å²) in [4.78, 5) is 12.5. The Bertz CT molecular complexity index is 909. The lowest BCUT2D eigenvalue weighted by molar-refractivity contribution is 0.0920. The second kappa shape index (κ2) is 5.63. The normalized spacial score (nSPS) is 12.6. The first-order valence-corrected chi connectivity index (χ1v) is 7.81. The number of H-pyrrole nitrogens is 1. The number of aryl methyl sites for hydroxylation is 2. The molecule has 0 saturated heterocycles. The van der Waals surface area contributed by atoms with Crippen molar-refractivity contribution in [3.63, 3.8) is 0 Å². The van der Waals surface area contributed by atoms with Gasteiger partial charge in [0.2, 0.25) is 0 Å². The second-order valence-corrected chi connectivity index (χ2v) is 5.93. The van der Waals surface area contributed by atoms with Gasteiger partial charge in [-0.05, 0) is 36.6 Å². The number of hydrogen-bond acceptors (Lipinski definition) is 3. The summed E-state index contributed by atoms with van der Waals surface area (Å²) in [5, 5.41) is 9.90. The van der Waals surface area contributed by atoms with Crippen LogP contribution in [0.3, 0.4) is 0 Å². The van der Waals surface area contributed by atoms with Crippen LogP contribution in [0.4, 0.5) is 4.39 Å². The van der Waals surface area contributed by atoms with E-state index in [-0.39, 0.29) is 11.7 Å². The Kier molecular flexibility index (Phi) is 3.45. The molecular formula is C18H16FN3O2. The highest BCUT2D eigenvalue weighted by atomic mass is 19.1. The van der Waals surface area contributed by atoms with E-state index in [4.69, 9.17) is 4.42 Å². The van der Waals surface area contributed by atoms with Crippen LogP contribution in [0.25, 0.3) is 11.3 Å². The number of rotatable bonds is 3. The molecule has 4 rings (SSSR count). The number of nitrogens with one attached hydrogen (secondary N) is 2. The summed E-state index contributed by atoms with van der Waals surface area (Å²) in [5.41, 5.74) is 4.67. The van der Waals surface area contributed by atoms with Gasteiger partial charge in [0.05, 0.1) is 11.9 Å². The van der Waals surface area contributed by atoms with Crippen molar-refractivity contribution in [3.05, 3.63) is 64.5 Å². The number of amides is 1. The highest BCUT2D eigenvalue weighted by molar-refractivity contribution is 5.95. The lowest BCUT2D eigenvalue weighted by Crippen LogP contribution is -2.23. The molecule has 2 N–H and O–H groups in total. The summed E-state index contributed by atoms with van der Waals surface area (Å²) in [6, 6.07) is 6.04. The van der Waals surface area contributed by atoms with Gasteiger partial charge in [-0.25, -0.2) is 4.39 Å². The number of carbonyl (C=O) groups excluding carboxylic acids is 1. The molecule has 0 saturated carbocycles. The molecule has 0 fully saturated rings. The SMILES string of the molecule is Cc1c(C(=O)NCc2ccc(F)cc2)oc2c1-c1[nH]ncc1CC2. The monoisotopic (exact) mass is 325 g/mol. The van der Waals surface area contributed by atoms with Crippen molar-refractivity contribution in [2.75, 3.05) is 0 Å². The molecule has 1 aliphatic carbocycles. The van der Waals surface area contributed by atoms with Gasteiger partial charge in [0.15, 0.2) is 5.76 Å². The van der Waals surface area contributed by atoms with Crippen molar-refractivity contribution in [1.29, 1.82) is 0 Å². The average Bonchev–Trinajstić information content (AvgIpc) is 3.18. The Morgan fingerprint density at radius 3 is 2.92 bits per heavy atom. The minimum absolute atomic E-state index is 0.271. The third-order valence-corrected chi connectivity index (χ3v) is 4.38. The molecule has 122 valence electrons. The molecule has 2 aromatic heterocycles. The summed E-state index contributed by atoms with van der Waals surface area (Å²) in [6.45, 7) is 2.20. The fraction of sp³-hybridized carbons (Fsp3) is 0.222. The summed E-state index contributed by atoms with van der Waals surface area (Å²) in [7, 11) is 0. The quantitative estimate of drug-likeness (QED) is 0.777. The maximum absolute atomic E-state index is 12.9. The maximum atomic E-state index is 12.9. The third kappa shape index (κ3) is 2.40. The van der Waals surface area contributed by atoms with Crippen LogP contribution in [0.5, 0.6) is 0 Å². The lowest BCUT2D eigenvalue weighted by atomic mass is 9.93. The molecule has 5 nitrogen and oxygen atoms in total. The number of nitrogens with zero attached hydrogens (tertiary/aromatic N) is 1. The number of aromatic amines is 1. The number of fused-ring (bicyclic) bond motifs is 3. The number of furan rings is 1. The standard InChI is InChI=1S/C18H16FN3O2/c1-10-15-14(7-4-12-9-21-22-16(12)15)24-17(10)18(23)20-8-11-2-5-13(19)6-3-11/h2-3,5-6,9H,4,7-8H2,1H3,(H,20,23)(H,21,22). The molecule has 1 aromatic carbocycles. The Labute approximate surface area is 137 Å². The molecule has 0 spiro atoms. The molecule has 1 aliphatic rings. The maximum Gasteiger partial charge on any atom is 0.287 e. The Balaban J connectivity index is 1.57. The lowest BCUT2D eigenvalue weighted by Gasteiger charge is -2.09. The number of hydrogen-bond donors (Lipinski definition) is 2. The Morgan fingerprint density at radius 2 is 2.12 bits per heavy atom. The van der Waals surface area contributed by atoms with E-state index in [1.165, 1.54) is 12.1 Å². The molecule has 0 unspecified atom stereocenters. The third-order valence-electron chi connectivity index (χ3n) is 4.38. The van der Waals surface area contributed by atoms with Gasteiger partial charge in [0, 0.05) is 24.1 Å². The van der Waals surface area contributed by atoms with Crippen LogP contribution in [0, 0.1) is 12.7 Å². The van der Waals surface area contributed by atoms with Gasteiger partial charge in [0.25, 0.3) is 5.91 Å². The minimum Gasteiger partial charge on any atom is -0.455 e. The summed E-state index contributed by atoms with van der Waals surface area (Å²) >= 11 is 0. The molecule has 3 aromatic rings. The predicted octanol–water partition coefficient (Wildman–Crippen LogP) is 3.15. The van der Waals surface area contributed by atoms with E-state index in [0.717, 1.165) is 46.5 Å². The molecular weight excluding hydrogens is 309 g/mol. The van der Waals surface area contributed by atoms with Gasteiger partial charge >= 0.3 is 0 Å². The van der Waals surface area contributed by atoms with Crippen molar-refractivity contribution in [3.8, 4) is 11.3 Å². The van der Waals surface area contributed by atoms with Gasteiger partial charge in [-0.15, -0.1) is 0 Å². The molecule has 6 heteroatoms. The van der Waals surface area contributed by atoms with Gasteiger partial charge in [-0.3, -0.25) is 9.89 Å². The molecule has 0 bridgehead atoms. The van der Waals surface area contributed by atoms with Crippen LogP contribution < -0.4 is 5.32 Å². The fourth-order valence-corrected chi connectivity index (χ4v) is 3.12. The first-order valence-electron chi connectivity index (χ1n) is 7.81. The Morgan fingerprint density at radius 1 is 1.33 bits per heavy atom. The van der Waals surface area contributed by atoms with Gasteiger partial charge in [-0.1, -0.05) is 12.1 Å². The Hall–Kier alpha value is -2.89. The molecule has 2 heterocycles. The number of benzene rings is 1. The van der Waals surface area contributed by atoms with Crippen molar-refractivity contribution < 1.29 is 13.6 Å². The first-order chi connectivity index (χ1) is 11.6. The zero-order valence-electron chi connectivity index (χ0n) is 13.1. The average molecular weight is 325 g/mol. The van der Waals surface area contributed by atoms with E-state index < -0.39 is 0 Å². The number of aromatic nitrogens is 2. The van der Waals surface area contributed by atoms with Gasteiger partial charge in [-0.2, -0.15) is 5.10 Å². The van der Waals surface area contributed by atoms with Crippen LogP contribution in [0.15, 0.2) is 34.9 Å².